The third-order valence-electron chi connectivity index (χ3n) is 6.99. The molecule has 1 atom stereocenters. The van der Waals surface area contributed by atoms with Crippen LogP contribution in [0, 0.1) is 0 Å². The molecular formula is C32H33NO7. The zero-order valence-corrected chi connectivity index (χ0v) is 23.5. The number of hydrogen-bond donors (Lipinski definition) is 1. The second kappa shape index (κ2) is 11.3. The van der Waals surface area contributed by atoms with Gasteiger partial charge >= 0.3 is 5.97 Å². The number of ketones is 1. The fourth-order valence-corrected chi connectivity index (χ4v) is 4.72. The first-order chi connectivity index (χ1) is 19.0. The molecule has 1 N–H and O–H groups in total. The van der Waals surface area contributed by atoms with Crippen LogP contribution in [0.1, 0.15) is 49.1 Å². The lowest BCUT2D eigenvalue weighted by molar-refractivity contribution is -0.139. The fourth-order valence-electron chi connectivity index (χ4n) is 4.72. The van der Waals surface area contributed by atoms with E-state index in [1.54, 1.807) is 67.8 Å². The molecule has 0 saturated carbocycles. The van der Waals surface area contributed by atoms with Gasteiger partial charge in [0, 0.05) is 5.69 Å². The highest BCUT2D eigenvalue weighted by Crippen LogP contribution is 2.44. The lowest BCUT2D eigenvalue weighted by atomic mass is 9.85. The Balaban J connectivity index is 1.91. The highest BCUT2D eigenvalue weighted by Gasteiger charge is 2.47. The Labute approximate surface area is 233 Å². The molecule has 8 heteroatoms. The first-order valence-corrected chi connectivity index (χ1v) is 12.8. The lowest BCUT2D eigenvalue weighted by Gasteiger charge is -2.26. The molecule has 1 aliphatic rings. The first-order valence-electron chi connectivity index (χ1n) is 12.8. The maximum absolute atomic E-state index is 13.6. The number of esters is 1. The summed E-state index contributed by atoms with van der Waals surface area (Å²) in [5, 5.41) is 11.7. The number of nitrogens with zero attached hydrogens (tertiary/aromatic N) is 1. The predicted octanol–water partition coefficient (Wildman–Crippen LogP) is 5.34. The number of ether oxygens (including phenoxy) is 3. The molecule has 1 heterocycles. The van der Waals surface area contributed by atoms with Crippen molar-refractivity contribution in [2.24, 2.45) is 0 Å². The number of methoxy groups -OCH3 is 3. The van der Waals surface area contributed by atoms with Gasteiger partial charge in [0.2, 0.25) is 0 Å². The van der Waals surface area contributed by atoms with E-state index in [-0.39, 0.29) is 23.2 Å². The second-order valence-electron chi connectivity index (χ2n) is 10.5. The van der Waals surface area contributed by atoms with Crippen LogP contribution in [0.3, 0.4) is 0 Å². The van der Waals surface area contributed by atoms with Crippen molar-refractivity contribution in [3.63, 3.8) is 0 Å². The van der Waals surface area contributed by atoms with Crippen LogP contribution >= 0.6 is 0 Å². The number of rotatable bonds is 7. The fraction of sp³-hybridized carbons (Fsp3) is 0.281. The van der Waals surface area contributed by atoms with Crippen LogP contribution in [-0.4, -0.2) is 44.1 Å². The highest BCUT2D eigenvalue weighted by atomic mass is 16.5. The molecule has 208 valence electrons. The van der Waals surface area contributed by atoms with E-state index in [1.807, 2.05) is 26.8 Å². The number of amides is 1. The zero-order chi connectivity index (χ0) is 29.2. The van der Waals surface area contributed by atoms with Crippen molar-refractivity contribution >= 4 is 29.1 Å². The maximum Gasteiger partial charge on any atom is 0.309 e. The summed E-state index contributed by atoms with van der Waals surface area (Å²) in [6.07, 6.45) is 0.0709. The van der Waals surface area contributed by atoms with E-state index in [0.29, 0.717) is 33.9 Å². The summed E-state index contributed by atoms with van der Waals surface area (Å²) in [6, 6.07) is 18.2. The Bertz CT molecular complexity index is 1460. The van der Waals surface area contributed by atoms with Crippen LogP contribution in [0.4, 0.5) is 5.69 Å². The molecule has 1 aliphatic heterocycles. The van der Waals surface area contributed by atoms with Crippen LogP contribution in [-0.2, 0) is 31.0 Å². The van der Waals surface area contributed by atoms with Gasteiger partial charge < -0.3 is 19.3 Å². The van der Waals surface area contributed by atoms with Crippen molar-refractivity contribution in [1.29, 1.82) is 0 Å². The average molecular weight is 544 g/mol. The molecular weight excluding hydrogens is 510 g/mol. The summed E-state index contributed by atoms with van der Waals surface area (Å²) in [7, 11) is 4.35. The van der Waals surface area contributed by atoms with Crippen LogP contribution in [0.15, 0.2) is 72.3 Å². The smallest absolute Gasteiger partial charge is 0.309 e. The van der Waals surface area contributed by atoms with Gasteiger partial charge in [0.25, 0.3) is 11.7 Å². The number of carbonyl (C=O) groups is 3. The van der Waals surface area contributed by atoms with Gasteiger partial charge in [-0.05, 0) is 58.5 Å². The Morgan fingerprint density at radius 3 is 2.10 bits per heavy atom. The van der Waals surface area contributed by atoms with Gasteiger partial charge in [-0.25, -0.2) is 0 Å². The van der Waals surface area contributed by atoms with E-state index < -0.39 is 23.7 Å². The number of Topliss-reactive ketones (excluding diaryl/α,β-unsaturated/α-hetero) is 1. The minimum atomic E-state index is -0.930. The number of aliphatic hydroxyl groups is 1. The van der Waals surface area contributed by atoms with Crippen molar-refractivity contribution in [3.8, 4) is 11.5 Å². The Kier molecular flexibility index (Phi) is 8.00. The molecule has 0 bridgehead atoms. The molecule has 0 aromatic heterocycles. The SMILES string of the molecule is COC(=O)Cc1ccc(N2C(=O)C(=O)/C(=C(/O)c3cc(C(C)(C)C)ccc3OC)C2c2ccc(OC)cc2)cc1. The van der Waals surface area contributed by atoms with Gasteiger partial charge in [-0.3, -0.25) is 19.3 Å². The predicted molar refractivity (Wildman–Crippen MR) is 152 cm³/mol. The Morgan fingerprint density at radius 1 is 0.900 bits per heavy atom. The monoisotopic (exact) mass is 543 g/mol. The van der Waals surface area contributed by atoms with Gasteiger partial charge in [-0.1, -0.05) is 51.1 Å². The van der Waals surface area contributed by atoms with E-state index in [0.717, 1.165) is 5.56 Å². The molecule has 3 aromatic rings. The van der Waals surface area contributed by atoms with Crippen molar-refractivity contribution in [3.05, 3.63) is 94.6 Å². The van der Waals surface area contributed by atoms with Gasteiger partial charge in [-0.15, -0.1) is 0 Å². The van der Waals surface area contributed by atoms with Gasteiger partial charge in [0.1, 0.15) is 17.3 Å². The lowest BCUT2D eigenvalue weighted by Crippen LogP contribution is -2.29. The number of benzene rings is 3. The minimum absolute atomic E-state index is 0.0573. The molecule has 0 aliphatic carbocycles. The van der Waals surface area contributed by atoms with Gasteiger partial charge in [0.15, 0.2) is 0 Å². The number of anilines is 1. The van der Waals surface area contributed by atoms with E-state index in [1.165, 1.54) is 19.1 Å². The third-order valence-corrected chi connectivity index (χ3v) is 6.99. The summed E-state index contributed by atoms with van der Waals surface area (Å²) < 4.78 is 15.6. The number of aliphatic hydroxyl groups excluding tert-OH is 1. The molecule has 0 spiro atoms. The zero-order valence-electron chi connectivity index (χ0n) is 23.5. The molecule has 8 nitrogen and oxygen atoms in total. The highest BCUT2D eigenvalue weighted by molar-refractivity contribution is 6.51. The van der Waals surface area contributed by atoms with E-state index in [9.17, 15) is 19.5 Å². The van der Waals surface area contributed by atoms with Crippen molar-refractivity contribution in [2.45, 2.75) is 38.6 Å². The second-order valence-corrected chi connectivity index (χ2v) is 10.5. The molecule has 3 aromatic carbocycles. The van der Waals surface area contributed by atoms with E-state index in [4.69, 9.17) is 14.2 Å². The molecule has 0 radical (unpaired) electrons. The average Bonchev–Trinajstić information content (AvgIpc) is 3.22. The van der Waals surface area contributed by atoms with Crippen molar-refractivity contribution in [2.75, 3.05) is 26.2 Å². The molecule has 1 unspecified atom stereocenters. The Morgan fingerprint density at radius 2 is 1.55 bits per heavy atom. The third kappa shape index (κ3) is 5.43. The number of hydrogen-bond acceptors (Lipinski definition) is 7. The summed E-state index contributed by atoms with van der Waals surface area (Å²) in [6.45, 7) is 6.12. The summed E-state index contributed by atoms with van der Waals surface area (Å²) in [4.78, 5) is 40.2. The number of carbonyl (C=O) groups excluding carboxylic acids is 3. The van der Waals surface area contributed by atoms with Crippen LogP contribution in [0.25, 0.3) is 5.76 Å². The van der Waals surface area contributed by atoms with Crippen molar-refractivity contribution in [1.82, 2.24) is 0 Å². The maximum atomic E-state index is 13.6. The van der Waals surface area contributed by atoms with Crippen LogP contribution < -0.4 is 14.4 Å². The van der Waals surface area contributed by atoms with Crippen LogP contribution in [0.2, 0.25) is 0 Å². The van der Waals surface area contributed by atoms with Gasteiger partial charge in [0.05, 0.1) is 44.9 Å². The molecule has 4 rings (SSSR count). The molecule has 40 heavy (non-hydrogen) atoms. The van der Waals surface area contributed by atoms with Crippen molar-refractivity contribution < 1.29 is 33.7 Å². The topological polar surface area (TPSA) is 102 Å². The van der Waals surface area contributed by atoms with Crippen LogP contribution in [0.5, 0.6) is 11.5 Å². The van der Waals surface area contributed by atoms with E-state index in [2.05, 4.69) is 0 Å². The molecule has 1 amide bonds. The molecule has 1 saturated heterocycles. The molecule has 1 fully saturated rings. The summed E-state index contributed by atoms with van der Waals surface area (Å²) >= 11 is 0. The largest absolute Gasteiger partial charge is 0.507 e. The summed E-state index contributed by atoms with van der Waals surface area (Å²) in [5.41, 5.74) is 2.67. The first kappa shape index (κ1) is 28.4. The van der Waals surface area contributed by atoms with Gasteiger partial charge in [-0.2, -0.15) is 0 Å². The van der Waals surface area contributed by atoms with E-state index >= 15 is 0 Å². The Hall–Kier alpha value is -4.59. The minimum Gasteiger partial charge on any atom is -0.507 e. The standard InChI is InChI=1S/C32H33NO7/c1-32(2,3)21-11-16-25(39-5)24(18-21)29(35)27-28(20-9-14-23(38-4)15-10-20)33(31(37)30(27)36)22-12-7-19(8-13-22)17-26(34)40-6/h7-16,18,28,35H,17H2,1-6H3/b29-27+. The normalized spacial score (nSPS) is 16.6. The summed E-state index contributed by atoms with van der Waals surface area (Å²) in [5.74, 6) is -1.34. The quantitative estimate of drug-likeness (QED) is 0.186.